The highest BCUT2D eigenvalue weighted by molar-refractivity contribution is 7.90. The molecule has 0 spiro atoms. The van der Waals surface area contributed by atoms with E-state index in [1.165, 1.54) is 6.26 Å². The fourth-order valence-corrected chi connectivity index (χ4v) is 4.11. The third-order valence-corrected chi connectivity index (χ3v) is 6.14. The third kappa shape index (κ3) is 4.15. The second-order valence-electron chi connectivity index (χ2n) is 6.82. The fraction of sp³-hybridized carbons (Fsp3) is 0.474. The Morgan fingerprint density at radius 1 is 1.19 bits per heavy atom. The summed E-state index contributed by atoms with van der Waals surface area (Å²) < 4.78 is 25.2. The van der Waals surface area contributed by atoms with Crippen LogP contribution in [0, 0.1) is 0 Å². The van der Waals surface area contributed by atoms with E-state index in [0.717, 1.165) is 43.9 Å². The Hall–Kier alpha value is -2.15. The van der Waals surface area contributed by atoms with Gasteiger partial charge in [-0.1, -0.05) is 12.1 Å². The predicted octanol–water partition coefficient (Wildman–Crippen LogP) is 2.26. The molecule has 2 heterocycles. The molecule has 1 aromatic carbocycles. The molecule has 0 radical (unpaired) electrons. The minimum atomic E-state index is -3.21. The van der Waals surface area contributed by atoms with Gasteiger partial charge in [0.05, 0.1) is 11.3 Å². The number of imidazole rings is 1. The average Bonchev–Trinajstić information content (AvgIpc) is 3.10. The number of aryl methyl sites for hydroxylation is 1. The van der Waals surface area contributed by atoms with E-state index in [2.05, 4.69) is 16.5 Å². The van der Waals surface area contributed by atoms with Gasteiger partial charge in [0.25, 0.3) is 0 Å². The van der Waals surface area contributed by atoms with Gasteiger partial charge in [0.2, 0.25) is 5.91 Å². The van der Waals surface area contributed by atoms with Crippen molar-refractivity contribution in [3.8, 4) is 0 Å². The van der Waals surface area contributed by atoms with Gasteiger partial charge in [-0.05, 0) is 37.5 Å². The van der Waals surface area contributed by atoms with Gasteiger partial charge in [-0.25, -0.2) is 13.4 Å². The Kier molecular flexibility index (Phi) is 5.46. The highest BCUT2D eigenvalue weighted by atomic mass is 32.2. The van der Waals surface area contributed by atoms with Crippen molar-refractivity contribution in [2.45, 2.75) is 43.5 Å². The number of amides is 1. The summed E-state index contributed by atoms with van der Waals surface area (Å²) in [4.78, 5) is 19.2. The molecule has 2 aromatic rings. The van der Waals surface area contributed by atoms with Gasteiger partial charge in [0, 0.05) is 44.2 Å². The number of carbonyl (C=O) groups is 1. The van der Waals surface area contributed by atoms with E-state index in [0.29, 0.717) is 12.3 Å². The smallest absolute Gasteiger partial charge is 0.226 e. The summed E-state index contributed by atoms with van der Waals surface area (Å²) in [6.07, 6.45) is 7.19. The molecule has 0 N–H and O–H groups in total. The molecule has 1 fully saturated rings. The molecule has 1 aliphatic heterocycles. The van der Waals surface area contributed by atoms with Crippen LogP contribution in [-0.2, 0) is 27.6 Å². The van der Waals surface area contributed by atoms with Crippen molar-refractivity contribution in [3.05, 3.63) is 48.0 Å². The van der Waals surface area contributed by atoms with Crippen molar-refractivity contribution in [3.63, 3.8) is 0 Å². The number of sulfone groups is 1. The number of rotatable bonds is 5. The first-order valence-corrected chi connectivity index (χ1v) is 10.9. The summed E-state index contributed by atoms with van der Waals surface area (Å²) in [6, 6.07) is 6.57. The topological polar surface area (TPSA) is 72.3 Å². The summed E-state index contributed by atoms with van der Waals surface area (Å²) >= 11 is 0. The first kappa shape index (κ1) is 18.6. The Morgan fingerprint density at radius 3 is 2.42 bits per heavy atom. The summed E-state index contributed by atoms with van der Waals surface area (Å²) in [5.41, 5.74) is 0.839. The van der Waals surface area contributed by atoms with Crippen LogP contribution in [0.5, 0.6) is 0 Å². The lowest BCUT2D eigenvalue weighted by molar-refractivity contribution is -0.131. The molecule has 0 aliphatic carbocycles. The molecule has 7 heteroatoms. The maximum absolute atomic E-state index is 12.6. The van der Waals surface area contributed by atoms with E-state index in [9.17, 15) is 13.2 Å². The van der Waals surface area contributed by atoms with E-state index in [1.807, 2.05) is 17.3 Å². The Balaban J connectivity index is 1.57. The molecule has 0 atom stereocenters. The highest BCUT2D eigenvalue weighted by Gasteiger charge is 2.26. The lowest BCUT2D eigenvalue weighted by Gasteiger charge is -2.32. The Morgan fingerprint density at radius 2 is 1.85 bits per heavy atom. The summed E-state index contributed by atoms with van der Waals surface area (Å²) in [6.45, 7) is 4.50. The van der Waals surface area contributed by atoms with E-state index in [4.69, 9.17) is 0 Å². The number of piperidine rings is 1. The first-order chi connectivity index (χ1) is 12.4. The number of hydrogen-bond donors (Lipinski definition) is 0. The molecule has 26 heavy (non-hydrogen) atoms. The molecular formula is C19H25N3O3S. The van der Waals surface area contributed by atoms with Crippen LogP contribution in [0.4, 0.5) is 0 Å². The SMILES string of the molecule is CCn1ccnc1C1CCN(C(=O)Cc2ccc(S(C)(=O)=O)cc2)CC1. The van der Waals surface area contributed by atoms with Gasteiger partial charge in [0.1, 0.15) is 5.82 Å². The Bertz CT molecular complexity index is 864. The van der Waals surface area contributed by atoms with Crippen LogP contribution in [0.15, 0.2) is 41.6 Å². The molecule has 1 aromatic heterocycles. The lowest BCUT2D eigenvalue weighted by Crippen LogP contribution is -2.39. The summed E-state index contributed by atoms with van der Waals surface area (Å²) in [5.74, 6) is 1.62. The third-order valence-electron chi connectivity index (χ3n) is 5.01. The zero-order valence-corrected chi connectivity index (χ0v) is 16.1. The van der Waals surface area contributed by atoms with Crippen molar-refractivity contribution >= 4 is 15.7 Å². The molecule has 3 rings (SSSR count). The van der Waals surface area contributed by atoms with Gasteiger partial charge in [-0.15, -0.1) is 0 Å². The summed E-state index contributed by atoms with van der Waals surface area (Å²) in [7, 11) is -3.21. The van der Waals surface area contributed by atoms with Crippen LogP contribution in [-0.4, -0.2) is 48.1 Å². The van der Waals surface area contributed by atoms with Crippen LogP contribution in [0.2, 0.25) is 0 Å². The molecule has 1 amide bonds. The van der Waals surface area contributed by atoms with Crippen LogP contribution in [0.1, 0.15) is 37.1 Å². The number of carbonyl (C=O) groups excluding carboxylic acids is 1. The summed E-state index contributed by atoms with van der Waals surface area (Å²) in [5, 5.41) is 0. The molecule has 0 saturated carbocycles. The molecule has 140 valence electrons. The number of benzene rings is 1. The minimum Gasteiger partial charge on any atom is -0.342 e. The van der Waals surface area contributed by atoms with E-state index < -0.39 is 9.84 Å². The van der Waals surface area contributed by atoms with Crippen molar-refractivity contribution < 1.29 is 13.2 Å². The number of nitrogens with zero attached hydrogens (tertiary/aromatic N) is 3. The molecule has 1 aliphatic rings. The van der Waals surface area contributed by atoms with Crippen LogP contribution in [0.25, 0.3) is 0 Å². The number of likely N-dealkylation sites (tertiary alicyclic amines) is 1. The zero-order valence-electron chi connectivity index (χ0n) is 15.3. The second kappa shape index (κ2) is 7.61. The maximum atomic E-state index is 12.6. The normalized spacial score (nSPS) is 16.0. The monoisotopic (exact) mass is 375 g/mol. The van der Waals surface area contributed by atoms with Crippen LogP contribution >= 0.6 is 0 Å². The van der Waals surface area contributed by atoms with Crippen LogP contribution < -0.4 is 0 Å². The maximum Gasteiger partial charge on any atom is 0.226 e. The second-order valence-corrected chi connectivity index (χ2v) is 8.84. The van der Waals surface area contributed by atoms with Gasteiger partial charge in [-0.3, -0.25) is 4.79 Å². The van der Waals surface area contributed by atoms with Gasteiger partial charge in [0.15, 0.2) is 9.84 Å². The van der Waals surface area contributed by atoms with Gasteiger partial charge in [-0.2, -0.15) is 0 Å². The predicted molar refractivity (Wildman–Crippen MR) is 99.7 cm³/mol. The molecule has 0 bridgehead atoms. The highest BCUT2D eigenvalue weighted by Crippen LogP contribution is 2.27. The van der Waals surface area contributed by atoms with E-state index in [1.54, 1.807) is 24.3 Å². The average molecular weight is 375 g/mol. The lowest BCUT2D eigenvalue weighted by atomic mass is 9.95. The fourth-order valence-electron chi connectivity index (χ4n) is 3.48. The standard InChI is InChI=1S/C19H25N3O3S/c1-3-21-13-10-20-19(21)16-8-11-22(12-9-16)18(23)14-15-4-6-17(7-5-15)26(2,24)25/h4-7,10,13,16H,3,8-9,11-12,14H2,1-2H3. The molecule has 1 saturated heterocycles. The van der Waals surface area contributed by atoms with Crippen LogP contribution in [0.3, 0.4) is 0 Å². The van der Waals surface area contributed by atoms with Crippen molar-refractivity contribution in [2.24, 2.45) is 0 Å². The Labute approximate surface area is 154 Å². The minimum absolute atomic E-state index is 0.0920. The van der Waals surface area contributed by atoms with Gasteiger partial charge < -0.3 is 9.47 Å². The van der Waals surface area contributed by atoms with Crippen molar-refractivity contribution in [2.75, 3.05) is 19.3 Å². The first-order valence-electron chi connectivity index (χ1n) is 8.96. The van der Waals surface area contributed by atoms with E-state index >= 15 is 0 Å². The largest absolute Gasteiger partial charge is 0.342 e. The molecule has 6 nitrogen and oxygen atoms in total. The number of aromatic nitrogens is 2. The van der Waals surface area contributed by atoms with E-state index in [-0.39, 0.29) is 10.8 Å². The zero-order chi connectivity index (χ0) is 18.7. The van der Waals surface area contributed by atoms with Crippen molar-refractivity contribution in [1.82, 2.24) is 14.5 Å². The molecular weight excluding hydrogens is 350 g/mol. The molecule has 0 unspecified atom stereocenters. The quantitative estimate of drug-likeness (QED) is 0.804. The van der Waals surface area contributed by atoms with Crippen molar-refractivity contribution in [1.29, 1.82) is 0 Å². The van der Waals surface area contributed by atoms with Gasteiger partial charge >= 0.3 is 0 Å². The number of hydrogen-bond acceptors (Lipinski definition) is 4.